The van der Waals surface area contributed by atoms with Gasteiger partial charge >= 0.3 is 0 Å². The van der Waals surface area contributed by atoms with Crippen molar-refractivity contribution in [2.24, 2.45) is 5.92 Å². The minimum Gasteiger partial charge on any atom is -0.351 e. The number of hydrogen-bond donors (Lipinski definition) is 1. The Balaban J connectivity index is 1.53. The average Bonchev–Trinajstić information content (AvgIpc) is 3.12. The molecule has 1 saturated heterocycles. The summed E-state index contributed by atoms with van der Waals surface area (Å²) in [6.07, 6.45) is 1.99. The summed E-state index contributed by atoms with van der Waals surface area (Å²) in [5.74, 6) is -0.303. The number of rotatable bonds is 5. The number of aromatic nitrogens is 1. The van der Waals surface area contributed by atoms with E-state index in [9.17, 15) is 9.59 Å². The first-order valence-electron chi connectivity index (χ1n) is 7.62. The van der Waals surface area contributed by atoms with Crippen molar-refractivity contribution in [3.8, 4) is 0 Å². The van der Waals surface area contributed by atoms with E-state index in [2.05, 4.69) is 10.3 Å². The first-order chi connectivity index (χ1) is 11.1. The topological polar surface area (TPSA) is 62.3 Å². The van der Waals surface area contributed by atoms with Crippen molar-refractivity contribution in [1.82, 2.24) is 15.2 Å². The van der Waals surface area contributed by atoms with Gasteiger partial charge in [0.1, 0.15) is 0 Å². The van der Waals surface area contributed by atoms with Crippen LogP contribution in [0.3, 0.4) is 0 Å². The molecule has 0 saturated carbocycles. The number of carbonyl (C=O) groups is 2. The monoisotopic (exact) mass is 329 g/mol. The molecule has 1 N–H and O–H groups in total. The third-order valence-electron chi connectivity index (χ3n) is 3.90. The summed E-state index contributed by atoms with van der Waals surface area (Å²) in [6.45, 7) is 3.50. The Morgan fingerprint density at radius 1 is 1.39 bits per heavy atom. The van der Waals surface area contributed by atoms with Gasteiger partial charge in [-0.3, -0.25) is 14.6 Å². The standard InChI is InChI=1S/C17H19N3O2S/c1-12-5-6-15(23-12)9-19-17(22)13-8-16(21)20(10-13)11-14-4-2-3-7-18-14/h2-7,13H,8-11H2,1H3,(H,19,22)/t13-/m1/s1. The summed E-state index contributed by atoms with van der Waals surface area (Å²) in [5.41, 5.74) is 0.843. The molecular weight excluding hydrogens is 310 g/mol. The van der Waals surface area contributed by atoms with E-state index >= 15 is 0 Å². The normalized spacial score (nSPS) is 17.5. The summed E-state index contributed by atoms with van der Waals surface area (Å²) in [7, 11) is 0. The summed E-state index contributed by atoms with van der Waals surface area (Å²) >= 11 is 1.67. The first-order valence-corrected chi connectivity index (χ1v) is 8.44. The van der Waals surface area contributed by atoms with Gasteiger partial charge in [0.05, 0.1) is 24.7 Å². The van der Waals surface area contributed by atoms with Crippen LogP contribution in [-0.4, -0.2) is 28.2 Å². The van der Waals surface area contributed by atoms with Crippen molar-refractivity contribution in [1.29, 1.82) is 0 Å². The fourth-order valence-electron chi connectivity index (χ4n) is 2.69. The first kappa shape index (κ1) is 15.7. The maximum absolute atomic E-state index is 12.3. The van der Waals surface area contributed by atoms with E-state index in [1.165, 1.54) is 4.88 Å². The van der Waals surface area contributed by atoms with Crippen LogP contribution < -0.4 is 5.32 Å². The van der Waals surface area contributed by atoms with Crippen LogP contribution >= 0.6 is 11.3 Å². The van der Waals surface area contributed by atoms with Gasteiger partial charge in [0.15, 0.2) is 0 Å². The van der Waals surface area contributed by atoms with Gasteiger partial charge in [-0.2, -0.15) is 0 Å². The van der Waals surface area contributed by atoms with Crippen molar-refractivity contribution in [3.05, 3.63) is 52.0 Å². The number of carbonyl (C=O) groups excluding carboxylic acids is 2. The van der Waals surface area contributed by atoms with Gasteiger partial charge < -0.3 is 10.2 Å². The molecule has 0 aliphatic carbocycles. The number of nitrogens with zero attached hydrogens (tertiary/aromatic N) is 2. The molecule has 3 heterocycles. The van der Waals surface area contributed by atoms with E-state index in [4.69, 9.17) is 0 Å². The third kappa shape index (κ3) is 3.96. The van der Waals surface area contributed by atoms with E-state index in [0.29, 0.717) is 19.6 Å². The Labute approximate surface area is 139 Å². The molecular formula is C17H19N3O2S. The highest BCUT2D eigenvalue weighted by Crippen LogP contribution is 2.20. The van der Waals surface area contributed by atoms with Gasteiger partial charge in [-0.25, -0.2) is 0 Å². The second-order valence-corrected chi connectivity index (χ2v) is 7.10. The van der Waals surface area contributed by atoms with Crippen LogP contribution in [0.5, 0.6) is 0 Å². The van der Waals surface area contributed by atoms with Gasteiger partial charge in [-0.15, -0.1) is 11.3 Å². The van der Waals surface area contributed by atoms with Gasteiger partial charge in [-0.1, -0.05) is 6.07 Å². The SMILES string of the molecule is Cc1ccc(CNC(=O)[C@@H]2CC(=O)N(Cc3ccccn3)C2)s1. The Hall–Kier alpha value is -2.21. The molecule has 0 unspecified atom stereocenters. The molecule has 0 aromatic carbocycles. The lowest BCUT2D eigenvalue weighted by atomic mass is 10.1. The summed E-state index contributed by atoms with van der Waals surface area (Å²) in [5, 5.41) is 2.94. The molecule has 23 heavy (non-hydrogen) atoms. The van der Waals surface area contributed by atoms with Gasteiger partial charge in [-0.05, 0) is 31.2 Å². The lowest BCUT2D eigenvalue weighted by Crippen LogP contribution is -2.32. The number of likely N-dealkylation sites (tertiary alicyclic amines) is 1. The molecule has 2 aromatic heterocycles. The second-order valence-electron chi connectivity index (χ2n) is 5.73. The summed E-state index contributed by atoms with van der Waals surface area (Å²) in [4.78, 5) is 32.7. The third-order valence-corrected chi connectivity index (χ3v) is 4.90. The zero-order valence-electron chi connectivity index (χ0n) is 13.0. The highest BCUT2D eigenvalue weighted by atomic mass is 32.1. The Morgan fingerprint density at radius 3 is 2.96 bits per heavy atom. The van der Waals surface area contributed by atoms with Gasteiger partial charge in [0, 0.05) is 28.9 Å². The maximum atomic E-state index is 12.3. The molecule has 0 radical (unpaired) electrons. The van der Waals surface area contributed by atoms with Crippen LogP contribution in [0.4, 0.5) is 0 Å². The fraction of sp³-hybridized carbons (Fsp3) is 0.353. The number of aryl methyl sites for hydroxylation is 1. The van der Waals surface area contributed by atoms with E-state index in [1.54, 1.807) is 22.4 Å². The molecule has 6 heteroatoms. The molecule has 1 fully saturated rings. The van der Waals surface area contributed by atoms with Crippen LogP contribution in [0, 0.1) is 12.8 Å². The number of hydrogen-bond acceptors (Lipinski definition) is 4. The molecule has 0 spiro atoms. The average molecular weight is 329 g/mol. The van der Waals surface area contributed by atoms with Crippen LogP contribution in [0.1, 0.15) is 21.9 Å². The lowest BCUT2D eigenvalue weighted by molar-refractivity contribution is -0.129. The number of amides is 2. The molecule has 1 aliphatic heterocycles. The van der Waals surface area contributed by atoms with Crippen molar-refractivity contribution >= 4 is 23.2 Å². The lowest BCUT2D eigenvalue weighted by Gasteiger charge is -2.16. The van der Waals surface area contributed by atoms with Crippen LogP contribution in [0.2, 0.25) is 0 Å². The molecule has 5 nitrogen and oxygen atoms in total. The fourth-order valence-corrected chi connectivity index (χ4v) is 3.52. The number of nitrogens with one attached hydrogen (secondary N) is 1. The van der Waals surface area contributed by atoms with E-state index in [0.717, 1.165) is 10.6 Å². The van der Waals surface area contributed by atoms with Crippen molar-refractivity contribution in [2.45, 2.75) is 26.4 Å². The smallest absolute Gasteiger partial charge is 0.225 e. The Kier molecular flexibility index (Phi) is 4.71. The van der Waals surface area contributed by atoms with E-state index < -0.39 is 0 Å². The Bertz CT molecular complexity index is 699. The van der Waals surface area contributed by atoms with Crippen molar-refractivity contribution < 1.29 is 9.59 Å². The highest BCUT2D eigenvalue weighted by Gasteiger charge is 2.34. The minimum absolute atomic E-state index is 0.0165. The Morgan fingerprint density at radius 2 is 2.26 bits per heavy atom. The highest BCUT2D eigenvalue weighted by molar-refractivity contribution is 7.11. The molecule has 3 rings (SSSR count). The van der Waals surface area contributed by atoms with Crippen molar-refractivity contribution in [3.63, 3.8) is 0 Å². The van der Waals surface area contributed by atoms with Gasteiger partial charge in [0.25, 0.3) is 0 Å². The summed E-state index contributed by atoms with van der Waals surface area (Å²) < 4.78 is 0. The zero-order chi connectivity index (χ0) is 16.2. The molecule has 1 atom stereocenters. The predicted molar refractivity (Wildman–Crippen MR) is 88.7 cm³/mol. The molecule has 0 bridgehead atoms. The van der Waals surface area contributed by atoms with Crippen LogP contribution in [0.15, 0.2) is 36.5 Å². The number of thiophene rings is 1. The number of pyridine rings is 1. The van der Waals surface area contributed by atoms with Crippen LogP contribution in [-0.2, 0) is 22.7 Å². The zero-order valence-corrected chi connectivity index (χ0v) is 13.8. The van der Waals surface area contributed by atoms with E-state index in [-0.39, 0.29) is 24.2 Å². The second kappa shape index (κ2) is 6.91. The summed E-state index contributed by atoms with van der Waals surface area (Å²) in [6, 6.07) is 9.70. The van der Waals surface area contributed by atoms with Crippen molar-refractivity contribution in [2.75, 3.05) is 6.54 Å². The van der Waals surface area contributed by atoms with E-state index in [1.807, 2.05) is 37.3 Å². The molecule has 2 amide bonds. The molecule has 1 aliphatic rings. The van der Waals surface area contributed by atoms with Gasteiger partial charge in [0.2, 0.25) is 11.8 Å². The largest absolute Gasteiger partial charge is 0.351 e. The maximum Gasteiger partial charge on any atom is 0.225 e. The quantitative estimate of drug-likeness (QED) is 0.914. The molecule has 2 aromatic rings. The molecule has 120 valence electrons. The predicted octanol–water partition coefficient (Wildman–Crippen LogP) is 2.12. The minimum atomic E-state index is -0.271. The van der Waals surface area contributed by atoms with Crippen LogP contribution in [0.25, 0.3) is 0 Å².